The molecule has 130 valence electrons. The molecule has 0 saturated carbocycles. The van der Waals surface area contributed by atoms with E-state index >= 15 is 0 Å². The highest BCUT2D eigenvalue weighted by atomic mass is 32.2. The van der Waals surface area contributed by atoms with E-state index in [4.69, 9.17) is 0 Å². The van der Waals surface area contributed by atoms with Crippen molar-refractivity contribution in [2.75, 3.05) is 7.05 Å². The van der Waals surface area contributed by atoms with Gasteiger partial charge in [0.15, 0.2) is 0 Å². The van der Waals surface area contributed by atoms with Crippen LogP contribution in [0.15, 0.2) is 51.8 Å². The van der Waals surface area contributed by atoms with E-state index in [2.05, 4.69) is 15.3 Å². The van der Waals surface area contributed by atoms with Crippen LogP contribution in [-0.2, 0) is 16.4 Å². The molecule has 0 fully saturated rings. The topological polar surface area (TPSA) is 72.0 Å². The molecule has 0 atom stereocenters. The van der Waals surface area contributed by atoms with Crippen LogP contribution in [0.4, 0.5) is 4.39 Å². The predicted molar refractivity (Wildman–Crippen MR) is 94.7 cm³/mol. The third-order valence-corrected chi connectivity index (χ3v) is 7.00. The van der Waals surface area contributed by atoms with Crippen molar-refractivity contribution in [2.45, 2.75) is 22.6 Å². The Morgan fingerprint density at radius 2 is 2.00 bits per heavy atom. The molecule has 0 amide bonds. The van der Waals surface area contributed by atoms with Crippen LogP contribution in [0.5, 0.6) is 0 Å². The minimum absolute atomic E-state index is 0.0847. The molecule has 5 nitrogen and oxygen atoms in total. The number of pyridine rings is 2. The average molecular weight is 377 g/mol. The normalized spacial score (nSPS) is 11.6. The van der Waals surface area contributed by atoms with Crippen molar-refractivity contribution in [3.8, 4) is 11.1 Å². The second-order valence-corrected chi connectivity index (χ2v) is 8.71. The highest BCUT2D eigenvalue weighted by Gasteiger charge is 2.27. The van der Waals surface area contributed by atoms with E-state index in [0.29, 0.717) is 12.1 Å². The molecule has 0 aliphatic carbocycles. The monoisotopic (exact) mass is 377 g/mol. The van der Waals surface area contributed by atoms with Gasteiger partial charge in [-0.25, -0.2) is 13.4 Å². The second kappa shape index (κ2) is 6.99. The number of nitrogens with zero attached hydrogens (tertiary/aromatic N) is 2. The molecule has 0 saturated heterocycles. The van der Waals surface area contributed by atoms with Crippen LogP contribution in [0.2, 0.25) is 0 Å². The molecular weight excluding hydrogens is 361 g/mol. The summed E-state index contributed by atoms with van der Waals surface area (Å²) in [6.45, 7) is 2.27. The Bertz CT molecular complexity index is 999. The van der Waals surface area contributed by atoms with Crippen molar-refractivity contribution in [1.82, 2.24) is 15.3 Å². The number of halogens is 1. The molecule has 0 aliphatic rings. The van der Waals surface area contributed by atoms with Crippen LogP contribution < -0.4 is 5.32 Å². The smallest absolute Gasteiger partial charge is 0.220 e. The maximum absolute atomic E-state index is 14.2. The van der Waals surface area contributed by atoms with Crippen LogP contribution in [0, 0.1) is 12.9 Å². The Balaban J connectivity index is 2.21. The zero-order valence-corrected chi connectivity index (χ0v) is 15.3. The standard InChI is InChI=1S/C17H16FN3O2S2/c1-11-5-6-13(10-21-11)25(22,23)17-15(8-12(24-17)9-19-2)14-4-3-7-20-16(14)18/h3-8,10,19H,9H2,1-2H3. The average Bonchev–Trinajstić information content (AvgIpc) is 3.00. The Hall–Kier alpha value is -2.16. The first kappa shape index (κ1) is 17.7. The van der Waals surface area contributed by atoms with Gasteiger partial charge in [-0.2, -0.15) is 4.39 Å². The number of hydrogen-bond acceptors (Lipinski definition) is 6. The minimum atomic E-state index is -3.81. The summed E-state index contributed by atoms with van der Waals surface area (Å²) in [5.74, 6) is -0.699. The number of hydrogen-bond donors (Lipinski definition) is 1. The molecule has 3 aromatic rings. The van der Waals surface area contributed by atoms with Gasteiger partial charge in [0.2, 0.25) is 15.8 Å². The van der Waals surface area contributed by atoms with Crippen molar-refractivity contribution >= 4 is 21.2 Å². The largest absolute Gasteiger partial charge is 0.315 e. The van der Waals surface area contributed by atoms with Crippen LogP contribution in [0.1, 0.15) is 10.6 Å². The molecule has 0 radical (unpaired) electrons. The van der Waals surface area contributed by atoms with Gasteiger partial charge in [-0.3, -0.25) is 4.98 Å². The molecule has 0 spiro atoms. The van der Waals surface area contributed by atoms with Gasteiger partial charge in [0.1, 0.15) is 4.21 Å². The number of aryl methyl sites for hydroxylation is 1. The number of thiophene rings is 1. The molecule has 0 unspecified atom stereocenters. The summed E-state index contributed by atoms with van der Waals surface area (Å²) in [6.07, 6.45) is 2.66. The van der Waals surface area contributed by atoms with Crippen LogP contribution in [-0.4, -0.2) is 25.4 Å². The first-order valence-corrected chi connectivity index (χ1v) is 9.79. The van der Waals surface area contributed by atoms with Crippen LogP contribution in [0.3, 0.4) is 0 Å². The van der Waals surface area contributed by atoms with E-state index in [1.54, 1.807) is 32.2 Å². The Labute approximate surface area is 149 Å². The lowest BCUT2D eigenvalue weighted by atomic mass is 10.1. The molecule has 0 aromatic carbocycles. The summed E-state index contributed by atoms with van der Waals surface area (Å²) >= 11 is 1.12. The summed E-state index contributed by atoms with van der Waals surface area (Å²) in [7, 11) is -2.05. The fourth-order valence-electron chi connectivity index (χ4n) is 2.38. The molecule has 3 rings (SSSR count). The molecule has 1 N–H and O–H groups in total. The summed E-state index contributed by atoms with van der Waals surface area (Å²) in [5.41, 5.74) is 1.21. The van der Waals surface area contributed by atoms with Gasteiger partial charge in [-0.15, -0.1) is 11.3 Å². The van der Waals surface area contributed by atoms with Gasteiger partial charge >= 0.3 is 0 Å². The lowest BCUT2D eigenvalue weighted by Crippen LogP contribution is -2.03. The minimum Gasteiger partial charge on any atom is -0.315 e. The molecule has 0 bridgehead atoms. The van der Waals surface area contributed by atoms with Crippen LogP contribution >= 0.6 is 11.3 Å². The van der Waals surface area contributed by atoms with E-state index < -0.39 is 15.8 Å². The predicted octanol–water partition coefficient (Wildman–Crippen LogP) is 3.20. The van der Waals surface area contributed by atoms with E-state index in [-0.39, 0.29) is 14.7 Å². The SMILES string of the molecule is CNCc1cc(-c2cccnc2F)c(S(=O)(=O)c2ccc(C)nc2)s1. The van der Waals surface area contributed by atoms with Crippen molar-refractivity contribution < 1.29 is 12.8 Å². The fraction of sp³-hybridized carbons (Fsp3) is 0.176. The summed E-state index contributed by atoms with van der Waals surface area (Å²) in [5, 5.41) is 2.98. The van der Waals surface area contributed by atoms with Crippen molar-refractivity contribution in [3.63, 3.8) is 0 Å². The fourth-order valence-corrected chi connectivity index (χ4v) is 5.45. The van der Waals surface area contributed by atoms with Crippen molar-refractivity contribution in [1.29, 1.82) is 0 Å². The zero-order chi connectivity index (χ0) is 18.0. The quantitative estimate of drug-likeness (QED) is 0.692. The van der Waals surface area contributed by atoms with Gasteiger partial charge in [-0.05, 0) is 44.3 Å². The van der Waals surface area contributed by atoms with Gasteiger partial charge in [0.25, 0.3) is 0 Å². The number of rotatable bonds is 5. The summed E-state index contributed by atoms with van der Waals surface area (Å²) < 4.78 is 40.4. The Kier molecular flexibility index (Phi) is 4.94. The van der Waals surface area contributed by atoms with E-state index in [1.807, 2.05) is 0 Å². The third kappa shape index (κ3) is 3.46. The van der Waals surface area contributed by atoms with Gasteiger partial charge < -0.3 is 5.32 Å². The number of nitrogens with one attached hydrogen (secondary N) is 1. The Morgan fingerprint density at radius 3 is 2.64 bits per heavy atom. The highest BCUT2D eigenvalue weighted by Crippen LogP contribution is 2.38. The maximum Gasteiger partial charge on any atom is 0.220 e. The first-order valence-electron chi connectivity index (χ1n) is 7.49. The van der Waals surface area contributed by atoms with E-state index in [0.717, 1.165) is 21.9 Å². The van der Waals surface area contributed by atoms with E-state index in [9.17, 15) is 12.8 Å². The molecule has 3 aromatic heterocycles. The number of sulfone groups is 1. The lowest BCUT2D eigenvalue weighted by Gasteiger charge is -2.06. The molecule has 25 heavy (non-hydrogen) atoms. The van der Waals surface area contributed by atoms with Crippen molar-refractivity contribution in [3.05, 3.63) is 59.2 Å². The lowest BCUT2D eigenvalue weighted by molar-refractivity contribution is 0.587. The molecule has 3 heterocycles. The Morgan fingerprint density at radius 1 is 1.20 bits per heavy atom. The zero-order valence-electron chi connectivity index (χ0n) is 13.7. The van der Waals surface area contributed by atoms with Gasteiger partial charge in [0.05, 0.1) is 4.90 Å². The molecular formula is C17H16FN3O2S2. The first-order chi connectivity index (χ1) is 11.9. The molecule has 0 aliphatic heterocycles. The molecule has 8 heteroatoms. The van der Waals surface area contributed by atoms with Crippen LogP contribution in [0.25, 0.3) is 11.1 Å². The van der Waals surface area contributed by atoms with E-state index in [1.165, 1.54) is 24.5 Å². The maximum atomic E-state index is 14.2. The van der Waals surface area contributed by atoms with Gasteiger partial charge in [0, 0.05) is 40.6 Å². The highest BCUT2D eigenvalue weighted by molar-refractivity contribution is 7.93. The summed E-state index contributed by atoms with van der Waals surface area (Å²) in [6, 6.07) is 7.95. The number of aromatic nitrogens is 2. The third-order valence-electron chi connectivity index (χ3n) is 3.59. The van der Waals surface area contributed by atoms with Crippen molar-refractivity contribution in [2.24, 2.45) is 0 Å². The summed E-state index contributed by atoms with van der Waals surface area (Å²) in [4.78, 5) is 8.57. The van der Waals surface area contributed by atoms with Gasteiger partial charge in [-0.1, -0.05) is 0 Å². The second-order valence-electron chi connectivity index (χ2n) is 5.42.